The van der Waals surface area contributed by atoms with Gasteiger partial charge in [0.05, 0.1) is 0 Å². The maximum atomic E-state index is 10.9. The van der Waals surface area contributed by atoms with Crippen molar-refractivity contribution in [1.29, 1.82) is 0 Å². The first-order valence-corrected chi connectivity index (χ1v) is 6.94. The Morgan fingerprint density at radius 3 is 2.29 bits per heavy atom. The fraction of sp³-hybridized carbons (Fsp3) is 1.00. The lowest BCUT2D eigenvalue weighted by Crippen LogP contribution is -2.34. The molecule has 0 aromatic carbocycles. The van der Waals surface area contributed by atoms with Gasteiger partial charge < -0.3 is 10.8 Å². The summed E-state index contributed by atoms with van der Waals surface area (Å²) in [5.74, 6) is 0.175. The van der Waals surface area contributed by atoms with E-state index in [1.54, 1.807) is 0 Å². The van der Waals surface area contributed by atoms with Crippen molar-refractivity contribution in [2.24, 2.45) is 11.1 Å². The average molecular weight is 223 g/mol. The Labute approximate surface area is 86.4 Å². The summed E-state index contributed by atoms with van der Waals surface area (Å²) in [6.45, 7) is 2.40. The zero-order valence-electron chi connectivity index (χ0n) is 8.99. The minimum absolute atomic E-state index is 0.0315. The van der Waals surface area contributed by atoms with Crippen molar-refractivity contribution in [3.8, 4) is 0 Å². The van der Waals surface area contributed by atoms with Gasteiger partial charge in [-0.25, -0.2) is 8.42 Å². The lowest BCUT2D eigenvalue weighted by Gasteiger charge is -2.28. The Morgan fingerprint density at radius 1 is 1.43 bits per heavy atom. The van der Waals surface area contributed by atoms with Crippen LogP contribution in [0.15, 0.2) is 0 Å². The largest absolute Gasteiger partial charge is 0.396 e. The quantitative estimate of drug-likeness (QED) is 0.644. The van der Waals surface area contributed by atoms with E-state index in [2.05, 4.69) is 0 Å². The van der Waals surface area contributed by atoms with E-state index in [-0.39, 0.29) is 17.8 Å². The normalized spacial score (nSPS) is 16.6. The highest BCUT2D eigenvalue weighted by Crippen LogP contribution is 2.26. The number of aliphatic hydroxyl groups is 1. The smallest absolute Gasteiger partial charge is 0.147 e. The van der Waals surface area contributed by atoms with Crippen LogP contribution in [0.1, 0.15) is 26.2 Å². The summed E-state index contributed by atoms with van der Waals surface area (Å²) in [5, 5.41) is 9.18. The lowest BCUT2D eigenvalue weighted by molar-refractivity contribution is 0.117. The molecule has 0 fully saturated rings. The molecule has 1 atom stereocenters. The molecule has 4 nitrogen and oxygen atoms in total. The van der Waals surface area contributed by atoms with Crippen molar-refractivity contribution in [3.05, 3.63) is 0 Å². The molecule has 3 N–H and O–H groups in total. The first-order valence-electron chi connectivity index (χ1n) is 4.88. The summed E-state index contributed by atoms with van der Waals surface area (Å²) in [7, 11) is -2.89. The van der Waals surface area contributed by atoms with Crippen LogP contribution in [0, 0.1) is 5.41 Å². The van der Waals surface area contributed by atoms with Crippen molar-refractivity contribution in [2.75, 3.05) is 25.2 Å². The summed E-state index contributed by atoms with van der Waals surface area (Å²) >= 11 is 0. The van der Waals surface area contributed by atoms with Gasteiger partial charge in [0.15, 0.2) is 0 Å². The Hall–Kier alpha value is -0.130. The number of aliphatic hydroxyl groups excluding tert-OH is 1. The third kappa shape index (κ3) is 4.93. The van der Waals surface area contributed by atoms with Crippen LogP contribution in [0.5, 0.6) is 0 Å². The van der Waals surface area contributed by atoms with Gasteiger partial charge in [0, 0.05) is 30.6 Å². The second kappa shape index (κ2) is 5.68. The maximum absolute atomic E-state index is 10.9. The molecule has 0 bridgehead atoms. The third-order valence-electron chi connectivity index (χ3n) is 2.74. The van der Waals surface area contributed by atoms with Crippen LogP contribution in [-0.4, -0.2) is 38.7 Å². The molecular formula is C9H21NO3S. The van der Waals surface area contributed by atoms with E-state index in [9.17, 15) is 13.5 Å². The van der Waals surface area contributed by atoms with Gasteiger partial charge in [-0.05, 0) is 19.3 Å². The number of sulfone groups is 1. The SMILES string of the molecule is CCC(CN)(CO)CCCS(C)(=O)=O. The van der Waals surface area contributed by atoms with E-state index in [1.807, 2.05) is 6.92 Å². The molecule has 14 heavy (non-hydrogen) atoms. The van der Waals surface area contributed by atoms with Crippen molar-refractivity contribution < 1.29 is 13.5 Å². The van der Waals surface area contributed by atoms with E-state index in [0.717, 1.165) is 6.42 Å². The van der Waals surface area contributed by atoms with Crippen molar-refractivity contribution in [1.82, 2.24) is 0 Å². The minimum atomic E-state index is -2.89. The van der Waals surface area contributed by atoms with Gasteiger partial charge in [-0.15, -0.1) is 0 Å². The molecule has 0 saturated heterocycles. The van der Waals surface area contributed by atoms with Gasteiger partial charge >= 0.3 is 0 Å². The molecule has 0 radical (unpaired) electrons. The molecule has 0 aromatic heterocycles. The summed E-state index contributed by atoms with van der Waals surface area (Å²) in [4.78, 5) is 0. The topological polar surface area (TPSA) is 80.4 Å². The first kappa shape index (κ1) is 13.9. The number of rotatable bonds is 7. The number of nitrogens with two attached hydrogens (primary N) is 1. The Balaban J connectivity index is 4.08. The minimum Gasteiger partial charge on any atom is -0.396 e. The highest BCUT2D eigenvalue weighted by molar-refractivity contribution is 7.90. The summed E-state index contributed by atoms with van der Waals surface area (Å²) < 4.78 is 21.8. The highest BCUT2D eigenvalue weighted by atomic mass is 32.2. The van der Waals surface area contributed by atoms with Gasteiger partial charge in [-0.1, -0.05) is 6.92 Å². The van der Waals surface area contributed by atoms with Gasteiger partial charge in [-0.2, -0.15) is 0 Å². The fourth-order valence-electron chi connectivity index (χ4n) is 1.39. The van der Waals surface area contributed by atoms with Gasteiger partial charge in [-0.3, -0.25) is 0 Å². The lowest BCUT2D eigenvalue weighted by atomic mass is 9.82. The molecule has 5 heteroatoms. The van der Waals surface area contributed by atoms with Crippen molar-refractivity contribution in [2.45, 2.75) is 26.2 Å². The molecule has 0 rings (SSSR count). The zero-order chi connectivity index (χ0) is 11.2. The molecule has 0 aromatic rings. The number of hydrogen-bond donors (Lipinski definition) is 2. The van der Waals surface area contributed by atoms with E-state index < -0.39 is 9.84 Å². The number of hydrogen-bond acceptors (Lipinski definition) is 4. The van der Waals surface area contributed by atoms with Crippen LogP contribution in [0.4, 0.5) is 0 Å². The summed E-state index contributed by atoms with van der Waals surface area (Å²) in [5.41, 5.74) is 5.28. The Kier molecular flexibility index (Phi) is 5.63. The van der Waals surface area contributed by atoms with Gasteiger partial charge in [0.25, 0.3) is 0 Å². The van der Waals surface area contributed by atoms with Gasteiger partial charge in [0.2, 0.25) is 0 Å². The Bertz CT molecular complexity index is 237. The third-order valence-corrected chi connectivity index (χ3v) is 3.77. The monoisotopic (exact) mass is 223 g/mol. The zero-order valence-corrected chi connectivity index (χ0v) is 9.81. The predicted molar refractivity (Wildman–Crippen MR) is 57.8 cm³/mol. The molecule has 0 aliphatic carbocycles. The van der Waals surface area contributed by atoms with E-state index >= 15 is 0 Å². The van der Waals surface area contributed by atoms with Gasteiger partial charge in [0.1, 0.15) is 9.84 Å². The summed E-state index contributed by atoms with van der Waals surface area (Å²) in [6.07, 6.45) is 3.25. The maximum Gasteiger partial charge on any atom is 0.147 e. The van der Waals surface area contributed by atoms with Crippen LogP contribution in [-0.2, 0) is 9.84 Å². The predicted octanol–water partition coefficient (Wildman–Crippen LogP) is 0.159. The van der Waals surface area contributed by atoms with Crippen molar-refractivity contribution >= 4 is 9.84 Å². The van der Waals surface area contributed by atoms with E-state index in [0.29, 0.717) is 19.4 Å². The average Bonchev–Trinajstić information content (AvgIpc) is 2.11. The fourth-order valence-corrected chi connectivity index (χ4v) is 2.06. The molecule has 0 amide bonds. The Morgan fingerprint density at radius 2 is 2.00 bits per heavy atom. The second-order valence-electron chi connectivity index (χ2n) is 3.95. The van der Waals surface area contributed by atoms with Crippen LogP contribution in [0.3, 0.4) is 0 Å². The van der Waals surface area contributed by atoms with Crippen LogP contribution in [0.2, 0.25) is 0 Å². The van der Waals surface area contributed by atoms with E-state index in [4.69, 9.17) is 5.73 Å². The molecule has 1 unspecified atom stereocenters. The van der Waals surface area contributed by atoms with E-state index in [1.165, 1.54) is 6.26 Å². The molecule has 86 valence electrons. The molecule has 0 saturated carbocycles. The molecular weight excluding hydrogens is 202 g/mol. The summed E-state index contributed by atoms with van der Waals surface area (Å²) in [6, 6.07) is 0. The highest BCUT2D eigenvalue weighted by Gasteiger charge is 2.25. The van der Waals surface area contributed by atoms with Crippen LogP contribution < -0.4 is 5.73 Å². The molecule has 0 aliphatic rings. The molecule has 0 spiro atoms. The first-order chi connectivity index (χ1) is 6.39. The van der Waals surface area contributed by atoms with Crippen LogP contribution in [0.25, 0.3) is 0 Å². The second-order valence-corrected chi connectivity index (χ2v) is 6.21. The van der Waals surface area contributed by atoms with Crippen LogP contribution >= 0.6 is 0 Å². The van der Waals surface area contributed by atoms with Crippen molar-refractivity contribution in [3.63, 3.8) is 0 Å². The standard InChI is InChI=1S/C9H21NO3S/c1-3-9(7-10,8-11)5-4-6-14(2,12)13/h11H,3-8,10H2,1-2H3. The molecule has 0 heterocycles. The molecule has 0 aliphatic heterocycles.